The molecule has 4 N–H and O–H groups in total. The normalized spacial score (nSPS) is 15.0. The van der Waals surface area contributed by atoms with Gasteiger partial charge in [-0.2, -0.15) is 0 Å². The Kier molecular flexibility index (Phi) is 3.67. The van der Waals surface area contributed by atoms with Gasteiger partial charge in [-0.05, 0) is 6.92 Å². The summed E-state index contributed by atoms with van der Waals surface area (Å²) < 4.78 is 0. The molecule has 0 aromatic carbocycles. The van der Waals surface area contributed by atoms with E-state index in [0.29, 0.717) is 5.06 Å². The molecule has 0 aromatic heterocycles. The molecule has 0 saturated heterocycles. The van der Waals surface area contributed by atoms with Gasteiger partial charge in [-0.1, -0.05) is 0 Å². The summed E-state index contributed by atoms with van der Waals surface area (Å²) in [5.74, 6) is 0. The van der Waals surface area contributed by atoms with Gasteiger partial charge in [0, 0.05) is 12.7 Å². The van der Waals surface area contributed by atoms with E-state index in [1.807, 2.05) is 0 Å². The summed E-state index contributed by atoms with van der Waals surface area (Å²) in [6, 6.07) is 0. The number of hydrogen-bond donors (Lipinski definition) is 3. The van der Waals surface area contributed by atoms with Gasteiger partial charge in [-0.15, -0.1) is 0 Å². The predicted octanol–water partition coefficient (Wildman–Crippen LogP) is -1.60. The second kappa shape index (κ2) is 3.76. The fourth-order valence-corrected chi connectivity index (χ4v) is 0.327. The molecule has 0 aliphatic rings. The van der Waals surface area contributed by atoms with Gasteiger partial charge in [0.15, 0.2) is 6.29 Å². The van der Waals surface area contributed by atoms with Crippen LogP contribution < -0.4 is 5.73 Å². The Morgan fingerprint density at radius 2 is 2.11 bits per heavy atom. The van der Waals surface area contributed by atoms with Gasteiger partial charge in [0.25, 0.3) is 0 Å². The largest absolute Gasteiger partial charge is 0.784 e. The maximum absolute atomic E-state index is 10.4. The highest BCUT2D eigenvalue weighted by Gasteiger charge is 2.01. The lowest BCUT2D eigenvalue weighted by Gasteiger charge is -2.32. The minimum Gasteiger partial charge on any atom is -0.784 e. The molecule has 0 saturated carbocycles. The van der Waals surface area contributed by atoms with Crippen LogP contribution in [0.5, 0.6) is 0 Å². The molecule has 1 unspecified atom stereocenters. The van der Waals surface area contributed by atoms with Crippen molar-refractivity contribution in [2.75, 3.05) is 6.54 Å². The van der Waals surface area contributed by atoms with Crippen LogP contribution in [-0.4, -0.2) is 34.3 Å². The highest BCUT2D eigenvalue weighted by atomic mass is 16.5. The molecule has 5 heteroatoms. The summed E-state index contributed by atoms with van der Waals surface area (Å²) >= 11 is 0. The molecule has 0 aliphatic heterocycles. The van der Waals surface area contributed by atoms with Crippen molar-refractivity contribution < 1.29 is 10.2 Å². The monoisotopic (exact) mass is 135 g/mol. The summed E-state index contributed by atoms with van der Waals surface area (Å²) in [6.07, 6.45) is -2.29. The minimum absolute atomic E-state index is 0.363. The lowest BCUT2D eigenvalue weighted by molar-refractivity contribution is -0.0582. The van der Waals surface area contributed by atoms with Gasteiger partial charge in [0.2, 0.25) is 0 Å². The molecule has 0 aromatic rings. The third-order valence-electron chi connectivity index (χ3n) is 0.797. The lowest BCUT2D eigenvalue weighted by atomic mass is 10.5. The van der Waals surface area contributed by atoms with Gasteiger partial charge < -0.3 is 26.2 Å². The van der Waals surface area contributed by atoms with Crippen LogP contribution in [0.25, 0.3) is 0 Å². The smallest absolute Gasteiger partial charge is 0.163 e. The Balaban J connectivity index is 3.38. The van der Waals surface area contributed by atoms with Crippen LogP contribution in [0.1, 0.15) is 6.92 Å². The number of nitrogens with two attached hydrogens (primary N) is 1. The van der Waals surface area contributed by atoms with E-state index in [1.54, 1.807) is 0 Å². The first-order chi connectivity index (χ1) is 4.04. The summed E-state index contributed by atoms with van der Waals surface area (Å²) in [5.41, 5.74) is 5.08. The van der Waals surface area contributed by atoms with Crippen molar-refractivity contribution in [1.29, 1.82) is 0 Å². The van der Waals surface area contributed by atoms with E-state index in [0.717, 1.165) is 0 Å². The van der Waals surface area contributed by atoms with Crippen LogP contribution >= 0.6 is 0 Å². The van der Waals surface area contributed by atoms with E-state index < -0.39 is 12.5 Å². The van der Waals surface area contributed by atoms with Gasteiger partial charge >= 0.3 is 0 Å². The quantitative estimate of drug-likeness (QED) is 0.320. The zero-order valence-corrected chi connectivity index (χ0v) is 5.19. The van der Waals surface area contributed by atoms with E-state index >= 15 is 0 Å². The van der Waals surface area contributed by atoms with Crippen LogP contribution in [0.15, 0.2) is 0 Å². The van der Waals surface area contributed by atoms with Crippen molar-refractivity contribution in [3.63, 3.8) is 0 Å². The van der Waals surface area contributed by atoms with Crippen LogP contribution in [0.2, 0.25) is 0 Å². The number of hydroxylamine groups is 2. The van der Waals surface area contributed by atoms with E-state index in [1.165, 1.54) is 6.92 Å². The van der Waals surface area contributed by atoms with Gasteiger partial charge in [-0.25, -0.2) is 0 Å². The van der Waals surface area contributed by atoms with Crippen molar-refractivity contribution in [3.05, 3.63) is 5.21 Å². The Labute approximate surface area is 53.3 Å². The Bertz CT molecular complexity index is 76.2. The molecule has 0 bridgehead atoms. The molecule has 1 atom stereocenters. The van der Waals surface area contributed by atoms with Gasteiger partial charge in [0.1, 0.15) is 0 Å². The molecule has 0 fully saturated rings. The summed E-state index contributed by atoms with van der Waals surface area (Å²) in [4.78, 5) is 0. The van der Waals surface area contributed by atoms with E-state index in [4.69, 9.17) is 15.9 Å². The molecule has 0 aliphatic carbocycles. The zero-order chi connectivity index (χ0) is 7.44. The van der Waals surface area contributed by atoms with Gasteiger partial charge in [0.05, 0.1) is 0 Å². The van der Waals surface area contributed by atoms with Crippen LogP contribution in [0.3, 0.4) is 0 Å². The first kappa shape index (κ1) is 8.80. The van der Waals surface area contributed by atoms with Crippen LogP contribution in [-0.2, 0) is 0 Å². The molecule has 56 valence electrons. The average Bonchev–Trinajstić information content (AvgIpc) is 1.63. The summed E-state index contributed by atoms with van der Waals surface area (Å²) in [5, 5.41) is 27.3. The third-order valence-corrected chi connectivity index (χ3v) is 0.797. The van der Waals surface area contributed by atoms with Crippen molar-refractivity contribution in [1.82, 2.24) is 5.06 Å². The Hall–Kier alpha value is -0.200. The number of rotatable bonds is 3. The van der Waals surface area contributed by atoms with E-state index in [2.05, 4.69) is 0 Å². The van der Waals surface area contributed by atoms with E-state index in [-0.39, 0.29) is 6.54 Å². The molecular formula is C4H11N2O3-. The minimum atomic E-state index is -1.60. The van der Waals surface area contributed by atoms with Crippen LogP contribution in [0, 0.1) is 5.21 Å². The molecule has 5 nitrogen and oxygen atoms in total. The van der Waals surface area contributed by atoms with Crippen molar-refractivity contribution >= 4 is 0 Å². The first-order valence-corrected chi connectivity index (χ1v) is 2.59. The molecule has 0 amide bonds. The maximum Gasteiger partial charge on any atom is 0.163 e. The summed E-state index contributed by atoms with van der Waals surface area (Å²) in [6.45, 7) is 1.10. The summed E-state index contributed by atoms with van der Waals surface area (Å²) in [7, 11) is 0. The number of nitrogens with zero attached hydrogens (tertiary/aromatic N) is 1. The molecule has 0 heterocycles. The second-order valence-electron chi connectivity index (χ2n) is 1.82. The highest BCUT2D eigenvalue weighted by molar-refractivity contribution is 4.60. The first-order valence-electron chi connectivity index (χ1n) is 2.59. The topological polar surface area (TPSA) is 92.8 Å². The zero-order valence-electron chi connectivity index (χ0n) is 5.19. The average molecular weight is 135 g/mol. The molecular weight excluding hydrogens is 124 g/mol. The molecule has 9 heavy (non-hydrogen) atoms. The SMILES string of the molecule is CC(N)N([O-])CC(O)O. The lowest BCUT2D eigenvalue weighted by Crippen LogP contribution is -2.39. The number of aliphatic hydroxyl groups excluding tert-OH is 1. The molecule has 0 rings (SSSR count). The van der Waals surface area contributed by atoms with Crippen molar-refractivity contribution in [2.45, 2.75) is 19.4 Å². The fraction of sp³-hybridized carbons (Fsp3) is 1.00. The number of hydrogen-bond acceptors (Lipinski definition) is 5. The van der Waals surface area contributed by atoms with Gasteiger partial charge in [-0.3, -0.25) is 0 Å². The maximum atomic E-state index is 10.4. The highest BCUT2D eigenvalue weighted by Crippen LogP contribution is 1.89. The Morgan fingerprint density at radius 3 is 2.22 bits per heavy atom. The third kappa shape index (κ3) is 4.31. The molecule has 0 radical (unpaired) electrons. The van der Waals surface area contributed by atoms with E-state index in [9.17, 15) is 5.21 Å². The standard InChI is InChI=1S/C4H11N2O3/c1-3(5)6(9)2-4(7)8/h3-4,7-8H,2,5H2,1H3/q-1. The molecule has 0 spiro atoms. The Morgan fingerprint density at radius 1 is 1.67 bits per heavy atom. The number of aliphatic hydroxyl groups is 2. The fourth-order valence-electron chi connectivity index (χ4n) is 0.327. The second-order valence-corrected chi connectivity index (χ2v) is 1.82. The van der Waals surface area contributed by atoms with Crippen molar-refractivity contribution in [3.8, 4) is 0 Å². The van der Waals surface area contributed by atoms with Crippen LogP contribution in [0.4, 0.5) is 0 Å². The predicted molar refractivity (Wildman–Crippen MR) is 31.9 cm³/mol. The van der Waals surface area contributed by atoms with Crippen molar-refractivity contribution in [2.24, 2.45) is 5.73 Å².